The van der Waals surface area contributed by atoms with E-state index in [-0.39, 0.29) is 5.91 Å². The largest absolute Gasteiger partial charge is 0.497 e. The number of nitrogens with one attached hydrogen (secondary N) is 1. The number of aryl methyl sites for hydroxylation is 2. The minimum atomic E-state index is 0.0770. The van der Waals surface area contributed by atoms with Crippen molar-refractivity contribution in [2.45, 2.75) is 33.1 Å². The van der Waals surface area contributed by atoms with Gasteiger partial charge in [0.25, 0.3) is 0 Å². The van der Waals surface area contributed by atoms with Crippen LogP contribution >= 0.6 is 0 Å². The zero-order chi connectivity index (χ0) is 18.7. The van der Waals surface area contributed by atoms with Crippen molar-refractivity contribution in [1.82, 2.24) is 15.1 Å². The summed E-state index contributed by atoms with van der Waals surface area (Å²) in [5, 5.41) is 7.45. The Morgan fingerprint density at radius 1 is 1.42 bits per heavy atom. The number of rotatable bonds is 6. The van der Waals surface area contributed by atoms with Crippen molar-refractivity contribution in [2.24, 2.45) is 13.0 Å². The van der Waals surface area contributed by atoms with Crippen molar-refractivity contribution in [1.29, 1.82) is 0 Å². The summed E-state index contributed by atoms with van der Waals surface area (Å²) in [6.45, 7) is 5.28. The van der Waals surface area contributed by atoms with Crippen LogP contribution in [0, 0.1) is 19.8 Å². The van der Waals surface area contributed by atoms with E-state index in [4.69, 9.17) is 9.47 Å². The Morgan fingerprint density at radius 3 is 2.92 bits per heavy atom. The van der Waals surface area contributed by atoms with Gasteiger partial charge >= 0.3 is 0 Å². The minimum Gasteiger partial charge on any atom is -0.497 e. The van der Waals surface area contributed by atoms with Crippen LogP contribution in [0.4, 0.5) is 0 Å². The first-order chi connectivity index (χ1) is 12.5. The van der Waals surface area contributed by atoms with Gasteiger partial charge in [0, 0.05) is 37.7 Å². The highest BCUT2D eigenvalue weighted by atomic mass is 16.5. The van der Waals surface area contributed by atoms with Crippen LogP contribution in [0.25, 0.3) is 0 Å². The van der Waals surface area contributed by atoms with Gasteiger partial charge in [0.1, 0.15) is 11.5 Å². The van der Waals surface area contributed by atoms with Crippen molar-refractivity contribution in [2.75, 3.05) is 20.3 Å². The van der Waals surface area contributed by atoms with Crippen LogP contribution in [0.3, 0.4) is 0 Å². The maximum Gasteiger partial charge on any atom is 0.220 e. The molecular formula is C20H27N3O3. The molecule has 2 heterocycles. The van der Waals surface area contributed by atoms with E-state index in [1.807, 2.05) is 43.8 Å². The monoisotopic (exact) mass is 357 g/mol. The summed E-state index contributed by atoms with van der Waals surface area (Å²) in [6.07, 6.45) is 2.11. The van der Waals surface area contributed by atoms with Crippen LogP contribution in [0.1, 0.15) is 28.9 Å². The Morgan fingerprint density at radius 2 is 2.23 bits per heavy atom. The van der Waals surface area contributed by atoms with Crippen LogP contribution in [0.15, 0.2) is 18.2 Å². The Balaban J connectivity index is 1.47. The molecular weight excluding hydrogens is 330 g/mol. The highest BCUT2D eigenvalue weighted by Gasteiger charge is 2.21. The zero-order valence-electron chi connectivity index (χ0n) is 16.0. The third-order valence-corrected chi connectivity index (χ3v) is 5.11. The number of aromatic nitrogens is 2. The van der Waals surface area contributed by atoms with E-state index >= 15 is 0 Å². The van der Waals surface area contributed by atoms with Gasteiger partial charge < -0.3 is 14.8 Å². The molecule has 26 heavy (non-hydrogen) atoms. The van der Waals surface area contributed by atoms with Crippen molar-refractivity contribution in [3.05, 3.63) is 40.7 Å². The van der Waals surface area contributed by atoms with E-state index in [1.165, 1.54) is 5.56 Å². The fourth-order valence-corrected chi connectivity index (χ4v) is 3.44. The van der Waals surface area contributed by atoms with E-state index in [0.717, 1.165) is 41.3 Å². The maximum atomic E-state index is 12.2. The number of nitrogens with zero attached hydrogens (tertiary/aromatic N) is 2. The highest BCUT2D eigenvalue weighted by Crippen LogP contribution is 2.30. The van der Waals surface area contributed by atoms with Gasteiger partial charge in [0.15, 0.2) is 0 Å². The molecule has 2 aromatic rings. The molecule has 3 rings (SSSR count). The molecule has 1 aromatic carbocycles. The second kappa shape index (κ2) is 7.81. The second-order valence-electron chi connectivity index (χ2n) is 6.93. The number of hydrogen-bond donors (Lipinski definition) is 1. The first kappa shape index (κ1) is 18.3. The number of hydrogen-bond acceptors (Lipinski definition) is 4. The summed E-state index contributed by atoms with van der Waals surface area (Å²) in [4.78, 5) is 12.2. The molecule has 6 nitrogen and oxygen atoms in total. The molecule has 0 fully saturated rings. The molecule has 1 aliphatic rings. The van der Waals surface area contributed by atoms with Crippen LogP contribution < -0.4 is 14.8 Å². The number of carbonyl (C=O) groups is 1. The van der Waals surface area contributed by atoms with Gasteiger partial charge in [-0.15, -0.1) is 0 Å². The van der Waals surface area contributed by atoms with E-state index < -0.39 is 0 Å². The lowest BCUT2D eigenvalue weighted by Gasteiger charge is -2.25. The average molecular weight is 357 g/mol. The minimum absolute atomic E-state index is 0.0770. The van der Waals surface area contributed by atoms with Crippen molar-refractivity contribution in [3.8, 4) is 11.5 Å². The molecule has 0 saturated heterocycles. The van der Waals surface area contributed by atoms with Crippen LogP contribution in [-0.4, -0.2) is 35.9 Å². The Hall–Kier alpha value is -2.50. The molecule has 1 aliphatic heterocycles. The van der Waals surface area contributed by atoms with E-state index in [9.17, 15) is 4.79 Å². The molecule has 0 radical (unpaired) electrons. The fourth-order valence-electron chi connectivity index (χ4n) is 3.44. The lowest BCUT2D eigenvalue weighted by molar-refractivity contribution is -0.121. The lowest BCUT2D eigenvalue weighted by atomic mass is 9.96. The summed E-state index contributed by atoms with van der Waals surface area (Å²) in [6, 6.07) is 5.90. The number of fused-ring (bicyclic) bond motifs is 1. The van der Waals surface area contributed by atoms with E-state index in [0.29, 0.717) is 25.5 Å². The normalized spacial score (nSPS) is 15.9. The summed E-state index contributed by atoms with van der Waals surface area (Å²) in [5.74, 6) is 2.06. The third-order valence-electron chi connectivity index (χ3n) is 5.11. The summed E-state index contributed by atoms with van der Waals surface area (Å²) in [7, 11) is 3.58. The van der Waals surface area contributed by atoms with Crippen molar-refractivity contribution >= 4 is 5.91 Å². The predicted octanol–water partition coefficient (Wildman–Crippen LogP) is 2.35. The molecule has 0 aliphatic carbocycles. The number of ether oxygens (including phenoxy) is 2. The summed E-state index contributed by atoms with van der Waals surface area (Å²) in [5.41, 5.74) is 4.47. The maximum absolute atomic E-state index is 12.2. The van der Waals surface area contributed by atoms with Crippen molar-refractivity contribution in [3.63, 3.8) is 0 Å². The van der Waals surface area contributed by atoms with Crippen LogP contribution in [0.5, 0.6) is 11.5 Å². The van der Waals surface area contributed by atoms with Gasteiger partial charge in [0.05, 0.1) is 19.4 Å². The number of carbonyl (C=O) groups excluding carboxylic acids is 1. The topological polar surface area (TPSA) is 65.4 Å². The quantitative estimate of drug-likeness (QED) is 0.862. The van der Waals surface area contributed by atoms with Crippen LogP contribution in [-0.2, 0) is 24.7 Å². The molecule has 1 aromatic heterocycles. The molecule has 1 N–H and O–H groups in total. The standard InChI is InChI=1S/C20H27N3O3/c1-13-18(14(2)23(3)22-13)7-8-20(24)21-11-15-9-16-5-6-17(25-4)10-19(16)26-12-15/h5-6,10,15H,7-9,11-12H2,1-4H3,(H,21,24)/t15-/m1/s1. The van der Waals surface area contributed by atoms with Gasteiger partial charge in [-0.3, -0.25) is 9.48 Å². The first-order valence-electron chi connectivity index (χ1n) is 9.03. The van der Waals surface area contributed by atoms with Gasteiger partial charge in [-0.1, -0.05) is 6.07 Å². The smallest absolute Gasteiger partial charge is 0.220 e. The number of benzene rings is 1. The third kappa shape index (κ3) is 4.00. The van der Waals surface area contributed by atoms with Gasteiger partial charge in [0.2, 0.25) is 5.91 Å². The van der Waals surface area contributed by atoms with Crippen molar-refractivity contribution < 1.29 is 14.3 Å². The summed E-state index contributed by atoms with van der Waals surface area (Å²) < 4.78 is 12.9. The number of amides is 1. The molecule has 0 spiro atoms. The Bertz CT molecular complexity index is 798. The molecule has 0 bridgehead atoms. The fraction of sp³-hybridized carbons (Fsp3) is 0.500. The van der Waals surface area contributed by atoms with E-state index in [2.05, 4.69) is 10.4 Å². The summed E-state index contributed by atoms with van der Waals surface area (Å²) >= 11 is 0. The molecule has 140 valence electrons. The van der Waals surface area contributed by atoms with Gasteiger partial charge in [-0.2, -0.15) is 5.10 Å². The zero-order valence-corrected chi connectivity index (χ0v) is 16.0. The van der Waals surface area contributed by atoms with Gasteiger partial charge in [-0.25, -0.2) is 0 Å². The molecule has 1 atom stereocenters. The Kier molecular flexibility index (Phi) is 5.49. The lowest BCUT2D eigenvalue weighted by Crippen LogP contribution is -2.34. The van der Waals surface area contributed by atoms with Gasteiger partial charge in [-0.05, 0) is 43.9 Å². The first-order valence-corrected chi connectivity index (χ1v) is 9.03. The molecule has 1 amide bonds. The van der Waals surface area contributed by atoms with E-state index in [1.54, 1.807) is 7.11 Å². The average Bonchev–Trinajstić information content (AvgIpc) is 2.89. The van der Waals surface area contributed by atoms with Crippen LogP contribution in [0.2, 0.25) is 0 Å². The second-order valence-corrected chi connectivity index (χ2v) is 6.93. The highest BCUT2D eigenvalue weighted by molar-refractivity contribution is 5.76. The Labute approximate surface area is 154 Å². The predicted molar refractivity (Wildman–Crippen MR) is 99.7 cm³/mol. The molecule has 0 saturated carbocycles. The molecule has 0 unspecified atom stereocenters. The molecule has 6 heteroatoms. The number of methoxy groups -OCH3 is 1. The SMILES string of the molecule is COc1ccc2c(c1)OC[C@@H](CNC(=O)CCc1c(C)nn(C)c1C)C2.